The van der Waals surface area contributed by atoms with E-state index in [2.05, 4.69) is 47.8 Å². The number of aromatic nitrogens is 1. The topological polar surface area (TPSA) is 22.1 Å². The summed E-state index contributed by atoms with van der Waals surface area (Å²) in [6, 6.07) is 2.05. The van der Waals surface area contributed by atoms with Gasteiger partial charge in [0.15, 0.2) is 0 Å². The van der Waals surface area contributed by atoms with Gasteiger partial charge in [0.2, 0.25) is 0 Å². The molecule has 0 saturated heterocycles. The van der Waals surface area contributed by atoms with Crippen LogP contribution in [0.1, 0.15) is 39.2 Å². The van der Waals surface area contributed by atoms with E-state index in [0.29, 0.717) is 6.10 Å². The van der Waals surface area contributed by atoms with Crippen molar-refractivity contribution < 1.29 is 4.74 Å². The second-order valence-corrected chi connectivity index (χ2v) is 5.88. The summed E-state index contributed by atoms with van der Waals surface area (Å²) in [4.78, 5) is 4.23. The van der Waals surface area contributed by atoms with Crippen LogP contribution in [0.5, 0.6) is 5.75 Å². The third kappa shape index (κ3) is 2.71. The normalized spacial score (nSPS) is 16.5. The van der Waals surface area contributed by atoms with Gasteiger partial charge in [-0.1, -0.05) is 20.8 Å². The maximum atomic E-state index is 5.85. The van der Waals surface area contributed by atoms with Crippen LogP contribution in [0.4, 0.5) is 0 Å². The van der Waals surface area contributed by atoms with Crippen molar-refractivity contribution in [1.82, 2.24) is 4.98 Å². The predicted octanol–water partition coefficient (Wildman–Crippen LogP) is 3.68. The summed E-state index contributed by atoms with van der Waals surface area (Å²) in [6.07, 6.45) is 4.61. The molecule has 0 bridgehead atoms. The lowest BCUT2D eigenvalue weighted by atomic mass is 9.87. The molecule has 0 N–H and O–H groups in total. The molecule has 82 valence electrons. The summed E-state index contributed by atoms with van der Waals surface area (Å²) in [5.41, 5.74) is 1.31. The van der Waals surface area contributed by atoms with Gasteiger partial charge in [-0.25, -0.2) is 4.98 Å². The number of hydrogen-bond acceptors (Lipinski definition) is 2. The van der Waals surface area contributed by atoms with Crippen molar-refractivity contribution in [2.75, 3.05) is 0 Å². The smallest absolute Gasteiger partial charge is 0.141 e. The van der Waals surface area contributed by atoms with Crippen LogP contribution in [0.2, 0.25) is 0 Å². The van der Waals surface area contributed by atoms with E-state index >= 15 is 0 Å². The minimum atomic E-state index is 0.0929. The van der Waals surface area contributed by atoms with Crippen molar-refractivity contribution in [2.45, 2.75) is 45.1 Å². The maximum absolute atomic E-state index is 5.85. The highest BCUT2D eigenvalue weighted by Gasteiger charge is 2.27. The maximum Gasteiger partial charge on any atom is 0.141 e. The second kappa shape index (κ2) is 3.78. The molecule has 1 saturated carbocycles. The molecule has 2 nitrogen and oxygen atoms in total. The molecule has 0 aromatic carbocycles. The predicted molar refractivity (Wildman–Crippen MR) is 64.3 cm³/mol. The first-order valence-electron chi connectivity index (χ1n) is 5.29. The van der Waals surface area contributed by atoms with Crippen LogP contribution in [0.15, 0.2) is 16.9 Å². The third-order valence-electron chi connectivity index (χ3n) is 2.46. The highest BCUT2D eigenvalue weighted by atomic mass is 79.9. The standard InChI is InChI=1S/C12H16BrNO/c1-12(2,3)9-6-11(13)14-7-10(9)15-8-4-5-8/h6-8H,4-5H2,1-3H3. The molecular formula is C12H16BrNO. The van der Waals surface area contributed by atoms with Gasteiger partial charge < -0.3 is 4.74 Å². The summed E-state index contributed by atoms with van der Waals surface area (Å²) < 4.78 is 6.73. The van der Waals surface area contributed by atoms with Gasteiger partial charge in [-0.05, 0) is 40.3 Å². The molecule has 1 fully saturated rings. The van der Waals surface area contributed by atoms with Crippen molar-refractivity contribution in [3.05, 3.63) is 22.4 Å². The largest absolute Gasteiger partial charge is 0.489 e. The SMILES string of the molecule is CC(C)(C)c1cc(Br)ncc1OC1CC1. The number of rotatable bonds is 2. The van der Waals surface area contributed by atoms with Crippen molar-refractivity contribution in [3.63, 3.8) is 0 Å². The fourth-order valence-electron chi connectivity index (χ4n) is 1.46. The van der Waals surface area contributed by atoms with Crippen molar-refractivity contribution in [2.24, 2.45) is 0 Å². The van der Waals surface area contributed by atoms with Gasteiger partial charge in [0.05, 0.1) is 12.3 Å². The molecule has 1 heterocycles. The molecule has 1 aliphatic carbocycles. The third-order valence-corrected chi connectivity index (χ3v) is 2.89. The van der Waals surface area contributed by atoms with E-state index < -0.39 is 0 Å². The Labute approximate surface area is 99.2 Å². The number of halogens is 1. The number of ether oxygens (including phenoxy) is 1. The Morgan fingerprint density at radius 3 is 2.60 bits per heavy atom. The van der Waals surface area contributed by atoms with E-state index in [-0.39, 0.29) is 5.41 Å². The van der Waals surface area contributed by atoms with Crippen LogP contribution in [-0.4, -0.2) is 11.1 Å². The molecule has 1 aromatic rings. The van der Waals surface area contributed by atoms with E-state index in [0.717, 1.165) is 10.4 Å². The summed E-state index contributed by atoms with van der Waals surface area (Å²) in [7, 11) is 0. The minimum Gasteiger partial charge on any atom is -0.489 e. The van der Waals surface area contributed by atoms with Gasteiger partial charge in [-0.3, -0.25) is 0 Å². The molecule has 15 heavy (non-hydrogen) atoms. The van der Waals surface area contributed by atoms with Gasteiger partial charge in [0.25, 0.3) is 0 Å². The van der Waals surface area contributed by atoms with Crippen LogP contribution in [0.3, 0.4) is 0 Å². The average Bonchev–Trinajstić information content (AvgIpc) is 2.90. The van der Waals surface area contributed by atoms with Crippen LogP contribution >= 0.6 is 15.9 Å². The zero-order chi connectivity index (χ0) is 11.1. The lowest BCUT2D eigenvalue weighted by Gasteiger charge is -2.22. The molecule has 0 amide bonds. The lowest BCUT2D eigenvalue weighted by Crippen LogP contribution is -2.14. The Balaban J connectivity index is 2.34. The summed E-state index contributed by atoms with van der Waals surface area (Å²) in [6.45, 7) is 6.57. The molecule has 0 aliphatic heterocycles. The molecule has 0 unspecified atom stereocenters. The number of nitrogens with zero attached hydrogens (tertiary/aromatic N) is 1. The van der Waals surface area contributed by atoms with Crippen LogP contribution < -0.4 is 4.74 Å². The summed E-state index contributed by atoms with van der Waals surface area (Å²) in [5.74, 6) is 0.938. The van der Waals surface area contributed by atoms with E-state index in [4.69, 9.17) is 4.74 Å². The molecule has 0 atom stereocenters. The Hall–Kier alpha value is -0.570. The molecule has 0 spiro atoms. The summed E-state index contributed by atoms with van der Waals surface area (Å²) >= 11 is 3.40. The molecular weight excluding hydrogens is 254 g/mol. The first kappa shape index (κ1) is 10.9. The molecule has 0 radical (unpaired) electrons. The Kier molecular flexibility index (Phi) is 2.75. The van der Waals surface area contributed by atoms with Gasteiger partial charge >= 0.3 is 0 Å². The van der Waals surface area contributed by atoms with Gasteiger partial charge in [-0.15, -0.1) is 0 Å². The highest BCUT2D eigenvalue weighted by molar-refractivity contribution is 9.10. The minimum absolute atomic E-state index is 0.0929. The molecule has 2 rings (SSSR count). The van der Waals surface area contributed by atoms with Gasteiger partial charge in [0.1, 0.15) is 10.4 Å². The zero-order valence-electron chi connectivity index (χ0n) is 9.38. The van der Waals surface area contributed by atoms with Crippen molar-refractivity contribution in [3.8, 4) is 5.75 Å². The first-order valence-corrected chi connectivity index (χ1v) is 6.09. The van der Waals surface area contributed by atoms with Crippen LogP contribution in [0, 0.1) is 0 Å². The van der Waals surface area contributed by atoms with Gasteiger partial charge in [0, 0.05) is 5.56 Å². The Morgan fingerprint density at radius 2 is 2.07 bits per heavy atom. The van der Waals surface area contributed by atoms with E-state index in [1.165, 1.54) is 18.4 Å². The van der Waals surface area contributed by atoms with Crippen molar-refractivity contribution in [1.29, 1.82) is 0 Å². The Morgan fingerprint density at radius 1 is 1.40 bits per heavy atom. The van der Waals surface area contributed by atoms with E-state index in [1.54, 1.807) is 0 Å². The van der Waals surface area contributed by atoms with E-state index in [9.17, 15) is 0 Å². The first-order chi connectivity index (χ1) is 6.97. The highest BCUT2D eigenvalue weighted by Crippen LogP contribution is 2.35. The fourth-order valence-corrected chi connectivity index (χ4v) is 1.79. The van der Waals surface area contributed by atoms with E-state index in [1.807, 2.05) is 6.20 Å². The molecule has 1 aromatic heterocycles. The van der Waals surface area contributed by atoms with Crippen LogP contribution in [-0.2, 0) is 5.41 Å². The quantitative estimate of drug-likeness (QED) is 0.765. The second-order valence-electron chi connectivity index (χ2n) is 5.07. The average molecular weight is 270 g/mol. The number of pyridine rings is 1. The summed E-state index contributed by atoms with van der Waals surface area (Å²) in [5, 5.41) is 0. The zero-order valence-corrected chi connectivity index (χ0v) is 11.0. The molecule has 3 heteroatoms. The fraction of sp³-hybridized carbons (Fsp3) is 0.583. The molecule has 1 aliphatic rings. The monoisotopic (exact) mass is 269 g/mol. The lowest BCUT2D eigenvalue weighted by molar-refractivity contribution is 0.293. The van der Waals surface area contributed by atoms with Crippen LogP contribution in [0.25, 0.3) is 0 Å². The van der Waals surface area contributed by atoms with Crippen molar-refractivity contribution >= 4 is 15.9 Å². The van der Waals surface area contributed by atoms with Gasteiger partial charge in [-0.2, -0.15) is 0 Å². The Bertz CT molecular complexity index is 366. The number of hydrogen-bond donors (Lipinski definition) is 0.